The number of aromatic nitrogens is 2. The van der Waals surface area contributed by atoms with Crippen LogP contribution in [0.3, 0.4) is 0 Å². The summed E-state index contributed by atoms with van der Waals surface area (Å²) in [5.74, 6) is 2.82. The SMILES string of the molecule is CCC(C(C)C)n1c(C2CCCC2)nc2c1CCNC2. The summed E-state index contributed by atoms with van der Waals surface area (Å²) in [6, 6.07) is 0.625. The number of imidazole rings is 1. The molecule has 2 heterocycles. The first-order valence-corrected chi connectivity index (χ1v) is 8.53. The van der Waals surface area contributed by atoms with Crippen LogP contribution < -0.4 is 5.32 Å². The monoisotopic (exact) mass is 275 g/mol. The molecule has 3 nitrogen and oxygen atoms in total. The zero-order chi connectivity index (χ0) is 14.1. The maximum absolute atomic E-state index is 5.08. The van der Waals surface area contributed by atoms with Crippen LogP contribution in [0.15, 0.2) is 0 Å². The van der Waals surface area contributed by atoms with E-state index in [4.69, 9.17) is 4.98 Å². The maximum atomic E-state index is 5.08. The Hall–Kier alpha value is -0.830. The fraction of sp³-hybridized carbons (Fsp3) is 0.824. The van der Waals surface area contributed by atoms with Crippen LogP contribution in [0.2, 0.25) is 0 Å². The average molecular weight is 275 g/mol. The van der Waals surface area contributed by atoms with Gasteiger partial charge in [0.05, 0.1) is 5.69 Å². The maximum Gasteiger partial charge on any atom is 0.112 e. The molecule has 0 spiro atoms. The van der Waals surface area contributed by atoms with Crippen LogP contribution >= 0.6 is 0 Å². The number of fused-ring (bicyclic) bond motifs is 1. The molecule has 0 bridgehead atoms. The molecule has 0 saturated heterocycles. The standard InChI is InChI=1S/C17H29N3/c1-4-15(12(2)3)20-16-9-10-18-11-14(16)19-17(20)13-7-5-6-8-13/h12-13,15,18H,4-11H2,1-3H3. The molecule has 1 N–H and O–H groups in total. The third kappa shape index (κ3) is 2.41. The smallest absolute Gasteiger partial charge is 0.112 e. The van der Waals surface area contributed by atoms with Crippen molar-refractivity contribution in [1.82, 2.24) is 14.9 Å². The van der Waals surface area contributed by atoms with Crippen LogP contribution in [0, 0.1) is 5.92 Å². The zero-order valence-corrected chi connectivity index (χ0v) is 13.3. The van der Waals surface area contributed by atoms with Crippen LogP contribution in [0.1, 0.15) is 82.0 Å². The summed E-state index contributed by atoms with van der Waals surface area (Å²) in [5.41, 5.74) is 2.86. The van der Waals surface area contributed by atoms with Gasteiger partial charge in [-0.3, -0.25) is 0 Å². The molecule has 20 heavy (non-hydrogen) atoms. The van der Waals surface area contributed by atoms with Crippen molar-refractivity contribution in [3.63, 3.8) is 0 Å². The summed E-state index contributed by atoms with van der Waals surface area (Å²) >= 11 is 0. The normalized spacial score (nSPS) is 21.4. The van der Waals surface area contributed by atoms with E-state index in [2.05, 4.69) is 30.7 Å². The van der Waals surface area contributed by atoms with Crippen molar-refractivity contribution in [3.8, 4) is 0 Å². The van der Waals surface area contributed by atoms with E-state index < -0.39 is 0 Å². The quantitative estimate of drug-likeness (QED) is 0.906. The zero-order valence-electron chi connectivity index (χ0n) is 13.3. The minimum absolute atomic E-state index is 0.625. The molecule has 1 saturated carbocycles. The largest absolute Gasteiger partial charge is 0.328 e. The Kier molecular flexibility index (Phi) is 4.16. The van der Waals surface area contributed by atoms with Gasteiger partial charge >= 0.3 is 0 Å². The van der Waals surface area contributed by atoms with E-state index in [0.29, 0.717) is 17.9 Å². The first kappa shape index (κ1) is 14.1. The van der Waals surface area contributed by atoms with E-state index >= 15 is 0 Å². The van der Waals surface area contributed by atoms with Crippen molar-refractivity contribution in [1.29, 1.82) is 0 Å². The van der Waals surface area contributed by atoms with Gasteiger partial charge in [0.15, 0.2) is 0 Å². The lowest BCUT2D eigenvalue weighted by molar-refractivity contribution is 0.339. The highest BCUT2D eigenvalue weighted by Crippen LogP contribution is 2.38. The minimum Gasteiger partial charge on any atom is -0.328 e. The Bertz CT molecular complexity index is 455. The summed E-state index contributed by atoms with van der Waals surface area (Å²) in [6.07, 6.45) is 7.83. The highest BCUT2D eigenvalue weighted by molar-refractivity contribution is 5.24. The summed E-state index contributed by atoms with van der Waals surface area (Å²) in [5, 5.41) is 3.48. The molecule has 1 atom stereocenters. The van der Waals surface area contributed by atoms with Gasteiger partial charge in [-0.1, -0.05) is 33.6 Å². The molecule has 1 aromatic rings. The third-order valence-electron chi connectivity index (χ3n) is 5.19. The van der Waals surface area contributed by atoms with Crippen molar-refractivity contribution in [2.75, 3.05) is 6.54 Å². The highest BCUT2D eigenvalue weighted by Gasteiger charge is 2.30. The van der Waals surface area contributed by atoms with Crippen molar-refractivity contribution in [3.05, 3.63) is 17.2 Å². The Balaban J connectivity index is 2.05. The molecule has 3 heteroatoms. The van der Waals surface area contributed by atoms with E-state index in [1.165, 1.54) is 49.3 Å². The average Bonchev–Trinajstić information content (AvgIpc) is 3.06. The van der Waals surface area contributed by atoms with Crippen LogP contribution in [-0.4, -0.2) is 16.1 Å². The summed E-state index contributed by atoms with van der Waals surface area (Å²) in [4.78, 5) is 5.08. The molecule has 3 rings (SSSR count). The predicted molar refractivity (Wildman–Crippen MR) is 83.0 cm³/mol. The molecule has 1 unspecified atom stereocenters. The molecule has 1 aliphatic heterocycles. The first-order valence-electron chi connectivity index (χ1n) is 8.53. The van der Waals surface area contributed by atoms with E-state index in [1.54, 1.807) is 0 Å². The molecule has 0 radical (unpaired) electrons. The Labute approximate surface area is 123 Å². The number of rotatable bonds is 4. The number of nitrogens with zero attached hydrogens (tertiary/aromatic N) is 2. The predicted octanol–water partition coefficient (Wildman–Crippen LogP) is 3.79. The van der Waals surface area contributed by atoms with Crippen molar-refractivity contribution in [2.24, 2.45) is 5.92 Å². The van der Waals surface area contributed by atoms with Gasteiger partial charge in [0.25, 0.3) is 0 Å². The van der Waals surface area contributed by atoms with Crippen LogP contribution in [-0.2, 0) is 13.0 Å². The van der Waals surface area contributed by atoms with E-state index in [0.717, 1.165) is 19.5 Å². The van der Waals surface area contributed by atoms with Gasteiger partial charge in [-0.15, -0.1) is 0 Å². The summed E-state index contributed by atoms with van der Waals surface area (Å²) in [7, 11) is 0. The van der Waals surface area contributed by atoms with Crippen LogP contribution in [0.25, 0.3) is 0 Å². The second kappa shape index (κ2) is 5.88. The second-order valence-corrected chi connectivity index (χ2v) is 6.86. The van der Waals surface area contributed by atoms with E-state index in [1.807, 2.05) is 0 Å². The first-order chi connectivity index (χ1) is 9.72. The Morgan fingerprint density at radius 1 is 1.30 bits per heavy atom. The second-order valence-electron chi connectivity index (χ2n) is 6.86. The molecule has 112 valence electrons. The van der Waals surface area contributed by atoms with E-state index in [9.17, 15) is 0 Å². The van der Waals surface area contributed by atoms with Gasteiger partial charge in [0.1, 0.15) is 5.82 Å². The van der Waals surface area contributed by atoms with Crippen molar-refractivity contribution >= 4 is 0 Å². The molecule has 0 amide bonds. The van der Waals surface area contributed by atoms with Gasteiger partial charge in [-0.05, 0) is 25.2 Å². The fourth-order valence-electron chi connectivity index (χ4n) is 4.15. The number of nitrogens with one attached hydrogen (secondary N) is 1. The fourth-order valence-corrected chi connectivity index (χ4v) is 4.15. The minimum atomic E-state index is 0.625. The topological polar surface area (TPSA) is 29.9 Å². The lowest BCUT2D eigenvalue weighted by Crippen LogP contribution is -2.27. The molecule has 0 aromatic carbocycles. The van der Waals surface area contributed by atoms with Gasteiger partial charge in [0, 0.05) is 37.2 Å². The number of hydrogen-bond donors (Lipinski definition) is 1. The van der Waals surface area contributed by atoms with Gasteiger partial charge in [-0.2, -0.15) is 0 Å². The molecular weight excluding hydrogens is 246 g/mol. The Morgan fingerprint density at radius 2 is 2.05 bits per heavy atom. The highest BCUT2D eigenvalue weighted by atomic mass is 15.1. The molecule has 2 aliphatic rings. The van der Waals surface area contributed by atoms with Crippen molar-refractivity contribution < 1.29 is 0 Å². The molecule has 1 aromatic heterocycles. The molecule has 1 aliphatic carbocycles. The van der Waals surface area contributed by atoms with Gasteiger partial charge in [0.2, 0.25) is 0 Å². The van der Waals surface area contributed by atoms with Crippen LogP contribution in [0.4, 0.5) is 0 Å². The summed E-state index contributed by atoms with van der Waals surface area (Å²) < 4.78 is 2.66. The molecular formula is C17H29N3. The Morgan fingerprint density at radius 3 is 2.70 bits per heavy atom. The van der Waals surface area contributed by atoms with Gasteiger partial charge < -0.3 is 9.88 Å². The lowest BCUT2D eigenvalue weighted by atomic mass is 9.98. The van der Waals surface area contributed by atoms with E-state index in [-0.39, 0.29) is 0 Å². The van der Waals surface area contributed by atoms with Gasteiger partial charge in [-0.25, -0.2) is 4.98 Å². The van der Waals surface area contributed by atoms with Crippen molar-refractivity contribution in [2.45, 2.75) is 77.8 Å². The third-order valence-corrected chi connectivity index (χ3v) is 5.19. The number of hydrogen-bond acceptors (Lipinski definition) is 2. The van der Waals surface area contributed by atoms with Crippen LogP contribution in [0.5, 0.6) is 0 Å². The lowest BCUT2D eigenvalue weighted by Gasteiger charge is -2.28. The summed E-state index contributed by atoms with van der Waals surface area (Å²) in [6.45, 7) is 9.13. The molecule has 1 fully saturated rings.